The second-order valence-electron chi connectivity index (χ2n) is 4.80. The molecule has 0 aliphatic carbocycles. The lowest BCUT2D eigenvalue weighted by atomic mass is 9.99. The maximum absolute atomic E-state index is 12.5. The summed E-state index contributed by atoms with van der Waals surface area (Å²) in [6, 6.07) is 15.8. The average Bonchev–Trinajstić information content (AvgIpc) is 2.46. The van der Waals surface area contributed by atoms with Crippen molar-refractivity contribution in [1.29, 1.82) is 0 Å². The van der Waals surface area contributed by atoms with Crippen molar-refractivity contribution in [3.8, 4) is 0 Å². The fourth-order valence-corrected chi connectivity index (χ4v) is 2.72. The van der Waals surface area contributed by atoms with Crippen LogP contribution in [0.2, 0.25) is 0 Å². The molecule has 96 valence electrons. The monoisotopic (exact) mass is 269 g/mol. The van der Waals surface area contributed by atoms with E-state index in [1.165, 1.54) is 11.1 Å². The van der Waals surface area contributed by atoms with Crippen LogP contribution >= 0.6 is 12.6 Å². The van der Waals surface area contributed by atoms with Crippen LogP contribution in [0.5, 0.6) is 0 Å². The maximum atomic E-state index is 12.5. The number of amides is 1. The van der Waals surface area contributed by atoms with Crippen molar-refractivity contribution >= 4 is 18.5 Å². The Morgan fingerprint density at radius 2 is 1.84 bits per heavy atom. The molecule has 0 unspecified atom stereocenters. The van der Waals surface area contributed by atoms with Crippen molar-refractivity contribution in [3.63, 3.8) is 0 Å². The largest absolute Gasteiger partial charge is 0.334 e. The zero-order chi connectivity index (χ0) is 13.2. The molecule has 2 nitrogen and oxygen atoms in total. The summed E-state index contributed by atoms with van der Waals surface area (Å²) in [5.41, 5.74) is 3.32. The highest BCUT2D eigenvalue weighted by Gasteiger charge is 2.21. The number of hydrogen-bond acceptors (Lipinski definition) is 2. The molecule has 0 aromatic heterocycles. The second-order valence-corrected chi connectivity index (χ2v) is 5.31. The van der Waals surface area contributed by atoms with Gasteiger partial charge in [-0.05, 0) is 35.7 Å². The van der Waals surface area contributed by atoms with E-state index in [1.54, 1.807) is 0 Å². The highest BCUT2D eigenvalue weighted by molar-refractivity contribution is 7.80. The molecule has 1 aliphatic heterocycles. The maximum Gasteiger partial charge on any atom is 0.254 e. The van der Waals surface area contributed by atoms with E-state index in [-0.39, 0.29) is 5.91 Å². The van der Waals surface area contributed by atoms with E-state index in [9.17, 15) is 4.79 Å². The molecule has 1 heterocycles. The molecule has 0 fully saturated rings. The molecule has 0 saturated carbocycles. The van der Waals surface area contributed by atoms with Gasteiger partial charge in [0.2, 0.25) is 0 Å². The van der Waals surface area contributed by atoms with Crippen LogP contribution < -0.4 is 0 Å². The van der Waals surface area contributed by atoms with Crippen molar-refractivity contribution in [2.24, 2.45) is 0 Å². The summed E-state index contributed by atoms with van der Waals surface area (Å²) in [5.74, 6) is 0.0883. The van der Waals surface area contributed by atoms with Gasteiger partial charge in [0.1, 0.15) is 0 Å². The fourth-order valence-electron chi connectivity index (χ4n) is 2.49. The van der Waals surface area contributed by atoms with Crippen LogP contribution in [0.15, 0.2) is 53.4 Å². The zero-order valence-electron chi connectivity index (χ0n) is 10.5. The summed E-state index contributed by atoms with van der Waals surface area (Å²) in [6.45, 7) is 1.48. The normalized spacial score (nSPS) is 14.1. The van der Waals surface area contributed by atoms with Crippen LogP contribution in [0.1, 0.15) is 21.5 Å². The highest BCUT2D eigenvalue weighted by Crippen LogP contribution is 2.20. The van der Waals surface area contributed by atoms with Gasteiger partial charge in [0, 0.05) is 23.5 Å². The second kappa shape index (κ2) is 5.10. The molecule has 0 N–H and O–H groups in total. The quantitative estimate of drug-likeness (QED) is 0.788. The zero-order valence-corrected chi connectivity index (χ0v) is 11.4. The van der Waals surface area contributed by atoms with Crippen LogP contribution in [0.3, 0.4) is 0 Å². The van der Waals surface area contributed by atoms with Gasteiger partial charge in [-0.25, -0.2) is 0 Å². The predicted octanol–water partition coefficient (Wildman–Crippen LogP) is 3.17. The number of carbonyl (C=O) groups is 1. The van der Waals surface area contributed by atoms with Crippen molar-refractivity contribution in [1.82, 2.24) is 4.90 Å². The molecular weight excluding hydrogens is 254 g/mol. The van der Waals surface area contributed by atoms with Crippen LogP contribution in [-0.4, -0.2) is 17.4 Å². The third kappa shape index (κ3) is 2.51. The molecule has 19 heavy (non-hydrogen) atoms. The first-order chi connectivity index (χ1) is 9.24. The van der Waals surface area contributed by atoms with E-state index in [0.29, 0.717) is 12.1 Å². The smallest absolute Gasteiger partial charge is 0.254 e. The molecule has 2 aromatic rings. The van der Waals surface area contributed by atoms with E-state index >= 15 is 0 Å². The lowest BCUT2D eigenvalue weighted by Gasteiger charge is -2.29. The summed E-state index contributed by atoms with van der Waals surface area (Å²) < 4.78 is 0. The molecule has 3 rings (SSSR count). The summed E-state index contributed by atoms with van der Waals surface area (Å²) in [5, 5.41) is 0. The minimum atomic E-state index is 0.0883. The Bertz CT molecular complexity index is 624. The van der Waals surface area contributed by atoms with Gasteiger partial charge < -0.3 is 4.90 Å². The first-order valence-electron chi connectivity index (χ1n) is 6.39. The Kier molecular flexibility index (Phi) is 3.30. The summed E-state index contributed by atoms with van der Waals surface area (Å²) in [7, 11) is 0. The molecule has 0 spiro atoms. The number of hydrogen-bond donors (Lipinski definition) is 1. The number of benzene rings is 2. The van der Waals surface area contributed by atoms with E-state index in [4.69, 9.17) is 0 Å². The van der Waals surface area contributed by atoms with Crippen LogP contribution in [0, 0.1) is 0 Å². The van der Waals surface area contributed by atoms with E-state index in [1.807, 2.05) is 35.2 Å². The third-order valence-corrected chi connectivity index (χ3v) is 3.79. The summed E-state index contributed by atoms with van der Waals surface area (Å²) in [6.07, 6.45) is 0.933. The topological polar surface area (TPSA) is 20.3 Å². The van der Waals surface area contributed by atoms with Gasteiger partial charge in [0.05, 0.1) is 0 Å². The third-order valence-electron chi connectivity index (χ3n) is 3.51. The summed E-state index contributed by atoms with van der Waals surface area (Å²) in [4.78, 5) is 15.2. The minimum absolute atomic E-state index is 0.0883. The van der Waals surface area contributed by atoms with E-state index in [0.717, 1.165) is 17.9 Å². The number of carbonyl (C=O) groups excluding carboxylic acids is 1. The van der Waals surface area contributed by atoms with Crippen molar-refractivity contribution in [3.05, 3.63) is 65.2 Å². The Morgan fingerprint density at radius 3 is 2.63 bits per heavy atom. The summed E-state index contributed by atoms with van der Waals surface area (Å²) >= 11 is 4.29. The van der Waals surface area contributed by atoms with Crippen molar-refractivity contribution in [2.45, 2.75) is 17.9 Å². The molecule has 1 aliphatic rings. The first-order valence-corrected chi connectivity index (χ1v) is 6.84. The Morgan fingerprint density at radius 1 is 1.05 bits per heavy atom. The average molecular weight is 269 g/mol. The number of nitrogens with zero attached hydrogens (tertiary/aromatic N) is 1. The van der Waals surface area contributed by atoms with Crippen LogP contribution in [0.25, 0.3) is 0 Å². The molecule has 2 aromatic carbocycles. The fraction of sp³-hybridized carbons (Fsp3) is 0.188. The van der Waals surface area contributed by atoms with Crippen molar-refractivity contribution in [2.75, 3.05) is 6.54 Å². The van der Waals surface area contributed by atoms with Gasteiger partial charge in [-0.3, -0.25) is 4.79 Å². The van der Waals surface area contributed by atoms with Crippen LogP contribution in [-0.2, 0) is 13.0 Å². The molecule has 0 bridgehead atoms. The lowest BCUT2D eigenvalue weighted by molar-refractivity contribution is 0.0734. The predicted molar refractivity (Wildman–Crippen MR) is 78.6 cm³/mol. The first kappa shape index (κ1) is 12.3. The van der Waals surface area contributed by atoms with Crippen molar-refractivity contribution < 1.29 is 4.79 Å². The Balaban J connectivity index is 1.83. The molecule has 3 heteroatoms. The molecular formula is C16H15NOS. The SMILES string of the molecule is O=C(c1cccc(S)c1)N1CCc2ccccc2C1. The van der Waals surface area contributed by atoms with E-state index < -0.39 is 0 Å². The standard InChI is InChI=1S/C16H15NOS/c18-16(13-6-3-7-15(19)10-13)17-9-8-12-4-1-2-5-14(12)11-17/h1-7,10,19H,8-9,11H2. The van der Waals surface area contributed by atoms with E-state index in [2.05, 4.69) is 30.8 Å². The molecule has 0 saturated heterocycles. The van der Waals surface area contributed by atoms with Gasteiger partial charge in [0.15, 0.2) is 0 Å². The van der Waals surface area contributed by atoms with Gasteiger partial charge in [-0.1, -0.05) is 30.3 Å². The molecule has 1 amide bonds. The lowest BCUT2D eigenvalue weighted by Crippen LogP contribution is -2.35. The number of fused-ring (bicyclic) bond motifs is 1. The minimum Gasteiger partial charge on any atom is -0.334 e. The Labute approximate surface area is 118 Å². The number of thiol groups is 1. The van der Waals surface area contributed by atoms with Gasteiger partial charge in [0.25, 0.3) is 5.91 Å². The van der Waals surface area contributed by atoms with Crippen LogP contribution in [0.4, 0.5) is 0 Å². The van der Waals surface area contributed by atoms with Gasteiger partial charge in [-0.15, -0.1) is 12.6 Å². The number of rotatable bonds is 1. The molecule has 0 atom stereocenters. The van der Waals surface area contributed by atoms with Gasteiger partial charge >= 0.3 is 0 Å². The van der Waals surface area contributed by atoms with Gasteiger partial charge in [-0.2, -0.15) is 0 Å². The highest BCUT2D eigenvalue weighted by atomic mass is 32.1. The molecule has 0 radical (unpaired) electrons. The Hall–Kier alpha value is -1.74.